The summed E-state index contributed by atoms with van der Waals surface area (Å²) in [5, 5.41) is 12.6. The van der Waals surface area contributed by atoms with Crippen LogP contribution in [0.1, 0.15) is 38.4 Å². The zero-order valence-electron chi connectivity index (χ0n) is 15.9. The molecule has 150 valence electrons. The standard InChI is InChI=1S/C19H24ClN5O2S/c1-2-25-16(12-24-11-5-3-4-6-18(24)27)22-23-19(25)28-13-17(26)21-15-9-7-14(20)8-10-15/h7-10H,2-6,11-13H2,1H3,(H,21,26). The van der Waals surface area contributed by atoms with E-state index < -0.39 is 0 Å². The van der Waals surface area contributed by atoms with Gasteiger partial charge in [-0.1, -0.05) is 29.8 Å². The molecule has 0 spiro atoms. The number of nitrogens with zero attached hydrogens (tertiary/aromatic N) is 4. The Balaban J connectivity index is 1.59. The topological polar surface area (TPSA) is 80.1 Å². The van der Waals surface area contributed by atoms with Crippen LogP contribution in [0.25, 0.3) is 0 Å². The molecule has 1 aliphatic rings. The highest BCUT2D eigenvalue weighted by molar-refractivity contribution is 7.99. The smallest absolute Gasteiger partial charge is 0.234 e. The van der Waals surface area contributed by atoms with Gasteiger partial charge in [0, 0.05) is 30.2 Å². The molecule has 9 heteroatoms. The van der Waals surface area contributed by atoms with Crippen LogP contribution in [0.4, 0.5) is 5.69 Å². The molecule has 1 saturated heterocycles. The van der Waals surface area contributed by atoms with Gasteiger partial charge in [-0.3, -0.25) is 9.59 Å². The Morgan fingerprint density at radius 3 is 2.75 bits per heavy atom. The first kappa shape index (κ1) is 20.7. The molecule has 3 rings (SSSR count). The van der Waals surface area contributed by atoms with Crippen LogP contribution in [0.5, 0.6) is 0 Å². The van der Waals surface area contributed by atoms with E-state index in [1.807, 2.05) is 16.4 Å². The molecule has 0 atom stereocenters. The Morgan fingerprint density at radius 1 is 1.21 bits per heavy atom. The van der Waals surface area contributed by atoms with Crippen molar-refractivity contribution in [3.05, 3.63) is 35.1 Å². The number of thioether (sulfide) groups is 1. The van der Waals surface area contributed by atoms with Crippen LogP contribution in [-0.4, -0.2) is 43.8 Å². The molecule has 7 nitrogen and oxygen atoms in total. The third-order valence-electron chi connectivity index (χ3n) is 4.57. The lowest BCUT2D eigenvalue weighted by Gasteiger charge is -2.20. The molecule has 1 aliphatic heterocycles. The molecule has 0 aliphatic carbocycles. The van der Waals surface area contributed by atoms with Crippen LogP contribution < -0.4 is 5.32 Å². The highest BCUT2D eigenvalue weighted by Crippen LogP contribution is 2.20. The SMILES string of the molecule is CCn1c(CN2CCCCCC2=O)nnc1SCC(=O)Nc1ccc(Cl)cc1. The highest BCUT2D eigenvalue weighted by atomic mass is 35.5. The normalized spacial score (nSPS) is 14.8. The number of likely N-dealkylation sites (tertiary alicyclic amines) is 1. The van der Waals surface area contributed by atoms with Crippen molar-refractivity contribution in [2.75, 3.05) is 17.6 Å². The maximum Gasteiger partial charge on any atom is 0.234 e. The van der Waals surface area contributed by atoms with Crippen molar-refractivity contribution in [3.63, 3.8) is 0 Å². The molecule has 1 N–H and O–H groups in total. The fraction of sp³-hybridized carbons (Fsp3) is 0.474. The molecule has 2 heterocycles. The average Bonchev–Trinajstić information content (AvgIpc) is 2.96. The van der Waals surface area contributed by atoms with Gasteiger partial charge in [0.15, 0.2) is 11.0 Å². The highest BCUT2D eigenvalue weighted by Gasteiger charge is 2.21. The number of hydrogen-bond donors (Lipinski definition) is 1. The zero-order chi connectivity index (χ0) is 19.9. The molecule has 2 aromatic rings. The molecular weight excluding hydrogens is 398 g/mol. The van der Waals surface area contributed by atoms with Gasteiger partial charge in [0.1, 0.15) is 0 Å². The van der Waals surface area contributed by atoms with Gasteiger partial charge < -0.3 is 14.8 Å². The van der Waals surface area contributed by atoms with Gasteiger partial charge in [-0.25, -0.2) is 0 Å². The minimum absolute atomic E-state index is 0.123. The lowest BCUT2D eigenvalue weighted by molar-refractivity contribution is -0.131. The van der Waals surface area contributed by atoms with Gasteiger partial charge in [0.25, 0.3) is 0 Å². The van der Waals surface area contributed by atoms with Crippen LogP contribution in [0, 0.1) is 0 Å². The largest absolute Gasteiger partial charge is 0.335 e. The number of aromatic nitrogens is 3. The molecule has 1 aromatic carbocycles. The summed E-state index contributed by atoms with van der Waals surface area (Å²) in [6, 6.07) is 6.98. The first-order valence-electron chi connectivity index (χ1n) is 9.45. The molecule has 0 bridgehead atoms. The number of rotatable bonds is 7. The molecule has 0 saturated carbocycles. The second-order valence-electron chi connectivity index (χ2n) is 6.61. The molecule has 1 fully saturated rings. The predicted molar refractivity (Wildman–Crippen MR) is 110 cm³/mol. The van der Waals surface area contributed by atoms with E-state index in [0.717, 1.165) is 31.6 Å². The van der Waals surface area contributed by atoms with Crippen LogP contribution in [-0.2, 0) is 22.7 Å². The predicted octanol–water partition coefficient (Wildman–Crippen LogP) is 3.58. The fourth-order valence-electron chi connectivity index (χ4n) is 3.10. The third-order valence-corrected chi connectivity index (χ3v) is 5.79. The van der Waals surface area contributed by atoms with Gasteiger partial charge in [0.05, 0.1) is 12.3 Å². The third kappa shape index (κ3) is 5.48. The quantitative estimate of drug-likeness (QED) is 0.691. The van der Waals surface area contributed by atoms with Crippen molar-refractivity contribution < 1.29 is 9.59 Å². The van der Waals surface area contributed by atoms with E-state index in [2.05, 4.69) is 15.5 Å². The van der Waals surface area contributed by atoms with Gasteiger partial charge >= 0.3 is 0 Å². The summed E-state index contributed by atoms with van der Waals surface area (Å²) in [5.41, 5.74) is 0.701. The van der Waals surface area contributed by atoms with Crippen molar-refractivity contribution in [2.45, 2.75) is 50.9 Å². The zero-order valence-corrected chi connectivity index (χ0v) is 17.4. The van der Waals surface area contributed by atoms with Gasteiger partial charge in [-0.05, 0) is 44.0 Å². The first-order valence-corrected chi connectivity index (χ1v) is 10.8. The number of carbonyl (C=O) groups excluding carboxylic acids is 2. The second kappa shape index (κ2) is 9.93. The summed E-state index contributed by atoms with van der Waals surface area (Å²) < 4.78 is 1.97. The van der Waals surface area contributed by atoms with Crippen molar-refractivity contribution >= 4 is 40.9 Å². The Morgan fingerprint density at radius 2 is 2.00 bits per heavy atom. The van der Waals surface area contributed by atoms with Gasteiger partial charge in [-0.2, -0.15) is 0 Å². The molecule has 2 amide bonds. The monoisotopic (exact) mass is 421 g/mol. The number of anilines is 1. The van der Waals surface area contributed by atoms with Crippen molar-refractivity contribution in [3.8, 4) is 0 Å². The van der Waals surface area contributed by atoms with E-state index in [9.17, 15) is 9.59 Å². The van der Waals surface area contributed by atoms with Gasteiger partial charge in [0.2, 0.25) is 11.8 Å². The summed E-state index contributed by atoms with van der Waals surface area (Å²) in [7, 11) is 0. The first-order chi connectivity index (χ1) is 13.6. The van der Waals surface area contributed by atoms with Crippen LogP contribution in [0.2, 0.25) is 5.02 Å². The summed E-state index contributed by atoms with van der Waals surface area (Å²) in [5.74, 6) is 1.05. The molecule has 28 heavy (non-hydrogen) atoms. The Labute approximate surface area is 173 Å². The van der Waals surface area contributed by atoms with E-state index in [-0.39, 0.29) is 17.6 Å². The number of benzene rings is 1. The molecule has 0 radical (unpaired) electrons. The van der Waals surface area contributed by atoms with Gasteiger partial charge in [-0.15, -0.1) is 10.2 Å². The number of carbonyl (C=O) groups is 2. The van der Waals surface area contributed by atoms with Crippen LogP contribution >= 0.6 is 23.4 Å². The van der Waals surface area contributed by atoms with E-state index in [0.29, 0.717) is 35.4 Å². The maximum absolute atomic E-state index is 12.2. The summed E-state index contributed by atoms with van der Waals surface area (Å²) in [4.78, 5) is 26.3. The second-order valence-corrected chi connectivity index (χ2v) is 7.99. The maximum atomic E-state index is 12.2. The van der Waals surface area contributed by atoms with E-state index in [4.69, 9.17) is 11.6 Å². The van der Waals surface area contributed by atoms with Crippen LogP contribution in [0.3, 0.4) is 0 Å². The molecule has 0 unspecified atom stereocenters. The Bertz CT molecular complexity index is 824. The lowest BCUT2D eigenvalue weighted by Crippen LogP contribution is -2.31. The average molecular weight is 422 g/mol. The van der Waals surface area contributed by atoms with Crippen molar-refractivity contribution in [2.24, 2.45) is 0 Å². The van der Waals surface area contributed by atoms with E-state index in [1.165, 1.54) is 11.8 Å². The fourth-order valence-corrected chi connectivity index (χ4v) is 4.04. The number of hydrogen-bond acceptors (Lipinski definition) is 5. The number of amides is 2. The Kier molecular flexibility index (Phi) is 7.33. The summed E-state index contributed by atoms with van der Waals surface area (Å²) >= 11 is 7.19. The van der Waals surface area contributed by atoms with E-state index in [1.54, 1.807) is 24.3 Å². The molecule has 1 aromatic heterocycles. The summed E-state index contributed by atoms with van der Waals surface area (Å²) in [6.07, 6.45) is 3.68. The number of nitrogens with one attached hydrogen (secondary N) is 1. The summed E-state index contributed by atoms with van der Waals surface area (Å²) in [6.45, 7) is 3.93. The van der Waals surface area contributed by atoms with E-state index >= 15 is 0 Å². The van der Waals surface area contributed by atoms with Crippen LogP contribution in [0.15, 0.2) is 29.4 Å². The van der Waals surface area contributed by atoms with Crippen molar-refractivity contribution in [1.29, 1.82) is 0 Å². The minimum Gasteiger partial charge on any atom is -0.335 e. The van der Waals surface area contributed by atoms with Crippen molar-refractivity contribution in [1.82, 2.24) is 19.7 Å². The number of halogens is 1. The Hall–Kier alpha value is -2.06. The minimum atomic E-state index is -0.123. The lowest BCUT2D eigenvalue weighted by atomic mass is 10.2. The molecular formula is C19H24ClN5O2S.